The summed E-state index contributed by atoms with van der Waals surface area (Å²) in [5.41, 5.74) is 4.63. The Morgan fingerprint density at radius 2 is 2.06 bits per heavy atom. The third-order valence-corrected chi connectivity index (χ3v) is 6.96. The van der Waals surface area contributed by atoms with Crippen LogP contribution in [-0.4, -0.2) is 62.0 Å². The molecular weight excluding hydrogens is 432 g/mol. The monoisotopic (exact) mass is 462 g/mol. The number of methoxy groups -OCH3 is 1. The smallest absolute Gasteiger partial charge is 0.231 e. The number of anilines is 1. The van der Waals surface area contributed by atoms with Crippen LogP contribution in [0, 0.1) is 18.3 Å². The summed E-state index contributed by atoms with van der Waals surface area (Å²) in [6, 6.07) is 8.40. The van der Waals surface area contributed by atoms with Crippen LogP contribution in [0.1, 0.15) is 48.9 Å². The lowest BCUT2D eigenvalue weighted by molar-refractivity contribution is -0.134. The number of amides is 1. The van der Waals surface area contributed by atoms with E-state index in [9.17, 15) is 10.1 Å². The van der Waals surface area contributed by atoms with E-state index in [0.717, 1.165) is 52.5 Å². The first-order chi connectivity index (χ1) is 16.5. The highest BCUT2D eigenvalue weighted by Crippen LogP contribution is 2.48. The number of hydrogen-bond acceptors (Lipinski definition) is 7. The van der Waals surface area contributed by atoms with Gasteiger partial charge in [0.1, 0.15) is 11.9 Å². The molecule has 2 aliphatic heterocycles. The van der Waals surface area contributed by atoms with Crippen LogP contribution in [0.15, 0.2) is 18.2 Å². The molecule has 1 atom stereocenters. The van der Waals surface area contributed by atoms with Gasteiger partial charge in [0.2, 0.25) is 12.7 Å². The van der Waals surface area contributed by atoms with Gasteiger partial charge in [-0.1, -0.05) is 6.07 Å². The first-order valence-electron chi connectivity index (χ1n) is 11.9. The number of rotatable bonds is 6. The van der Waals surface area contributed by atoms with Gasteiger partial charge in [0.15, 0.2) is 11.5 Å². The predicted octanol–water partition coefficient (Wildman–Crippen LogP) is 3.61. The van der Waals surface area contributed by atoms with Gasteiger partial charge in [-0.15, -0.1) is 0 Å². The number of pyridine rings is 1. The van der Waals surface area contributed by atoms with Gasteiger partial charge in [0, 0.05) is 44.3 Å². The van der Waals surface area contributed by atoms with Gasteiger partial charge in [-0.05, 0) is 49.9 Å². The Balaban J connectivity index is 1.49. The zero-order valence-corrected chi connectivity index (χ0v) is 20.0. The van der Waals surface area contributed by atoms with Gasteiger partial charge in [0.05, 0.1) is 24.3 Å². The fourth-order valence-corrected chi connectivity index (χ4v) is 5.00. The Morgan fingerprint density at radius 1 is 1.26 bits per heavy atom. The molecule has 178 valence electrons. The summed E-state index contributed by atoms with van der Waals surface area (Å²) in [5.74, 6) is 2.72. The highest BCUT2D eigenvalue weighted by atomic mass is 16.7. The van der Waals surface area contributed by atoms with Crippen LogP contribution in [0.5, 0.6) is 11.5 Å². The molecule has 1 unspecified atom stereocenters. The predicted molar refractivity (Wildman–Crippen MR) is 127 cm³/mol. The topological polar surface area (TPSA) is 87.9 Å². The number of ether oxygens (including phenoxy) is 3. The number of nitriles is 1. The summed E-state index contributed by atoms with van der Waals surface area (Å²) in [4.78, 5) is 21.8. The van der Waals surface area contributed by atoms with E-state index < -0.39 is 0 Å². The summed E-state index contributed by atoms with van der Waals surface area (Å²) < 4.78 is 16.1. The molecule has 1 amide bonds. The van der Waals surface area contributed by atoms with Crippen molar-refractivity contribution in [2.75, 3.05) is 45.0 Å². The minimum Gasteiger partial charge on any atom is -0.454 e. The number of carbonyl (C=O) groups excluding carboxylic acids is 1. The van der Waals surface area contributed by atoms with Gasteiger partial charge in [0.25, 0.3) is 0 Å². The van der Waals surface area contributed by atoms with Crippen LogP contribution < -0.4 is 14.4 Å². The van der Waals surface area contributed by atoms with Gasteiger partial charge in [-0.2, -0.15) is 5.26 Å². The van der Waals surface area contributed by atoms with E-state index in [1.807, 2.05) is 30.0 Å². The second-order valence-corrected chi connectivity index (χ2v) is 9.27. The third-order valence-electron chi connectivity index (χ3n) is 6.96. The standard InChI is InChI=1S/C26H30N4O4/c1-16-14-29(9-10-30(16)23(31)8-11-32-3)26-20(13-27)17(2)24(25(28-26)18-4-5-18)19-6-7-21-22(12-19)34-15-33-21/h6-7,12,16,18H,4-5,8-11,14-15H2,1-3H3. The van der Waals surface area contributed by atoms with Crippen molar-refractivity contribution in [2.24, 2.45) is 0 Å². The maximum absolute atomic E-state index is 12.6. The van der Waals surface area contributed by atoms with E-state index in [1.54, 1.807) is 7.11 Å². The van der Waals surface area contributed by atoms with Crippen LogP contribution in [0.4, 0.5) is 5.82 Å². The maximum atomic E-state index is 12.6. The first-order valence-corrected chi connectivity index (χ1v) is 11.9. The molecule has 2 fully saturated rings. The van der Waals surface area contributed by atoms with Crippen molar-refractivity contribution in [3.8, 4) is 28.7 Å². The average molecular weight is 463 g/mol. The number of carbonyl (C=O) groups is 1. The quantitative estimate of drug-likeness (QED) is 0.648. The number of piperazine rings is 1. The molecule has 2 aromatic rings. The Labute approximate surface area is 200 Å². The molecule has 3 heterocycles. The third kappa shape index (κ3) is 4.05. The molecule has 1 aromatic carbocycles. The van der Waals surface area contributed by atoms with E-state index in [1.165, 1.54) is 0 Å². The van der Waals surface area contributed by atoms with Crippen molar-refractivity contribution >= 4 is 11.7 Å². The lowest BCUT2D eigenvalue weighted by atomic mass is 9.93. The summed E-state index contributed by atoms with van der Waals surface area (Å²) >= 11 is 0. The van der Waals surface area contributed by atoms with Crippen molar-refractivity contribution in [3.05, 3.63) is 35.0 Å². The lowest BCUT2D eigenvalue weighted by Gasteiger charge is -2.41. The number of aromatic nitrogens is 1. The fraction of sp³-hybridized carbons (Fsp3) is 0.500. The summed E-state index contributed by atoms with van der Waals surface area (Å²) in [5, 5.41) is 10.2. The van der Waals surface area contributed by atoms with Crippen LogP contribution in [0.25, 0.3) is 11.1 Å². The Kier molecular flexibility index (Phi) is 6.05. The molecule has 0 radical (unpaired) electrons. The van der Waals surface area contributed by atoms with Crippen LogP contribution >= 0.6 is 0 Å². The molecule has 1 aliphatic carbocycles. The van der Waals surface area contributed by atoms with Crippen molar-refractivity contribution < 1.29 is 19.0 Å². The molecule has 1 aromatic heterocycles. The Morgan fingerprint density at radius 3 is 2.76 bits per heavy atom. The van der Waals surface area contributed by atoms with Crippen molar-refractivity contribution in [2.45, 2.75) is 45.1 Å². The SMILES string of the molecule is COCCC(=O)N1CCN(c2nc(C3CC3)c(-c3ccc4c(c3)OCO4)c(C)c2C#N)CC1C. The van der Waals surface area contributed by atoms with Crippen LogP contribution in [0.2, 0.25) is 0 Å². The minimum absolute atomic E-state index is 0.0321. The van der Waals surface area contributed by atoms with E-state index in [2.05, 4.69) is 17.9 Å². The summed E-state index contributed by atoms with van der Waals surface area (Å²) in [6.45, 7) is 6.63. The molecule has 0 N–H and O–H groups in total. The number of hydrogen-bond donors (Lipinski definition) is 0. The van der Waals surface area contributed by atoms with Crippen molar-refractivity contribution in [3.63, 3.8) is 0 Å². The Hall–Kier alpha value is -3.31. The fourth-order valence-electron chi connectivity index (χ4n) is 5.00. The largest absolute Gasteiger partial charge is 0.454 e. The molecule has 0 bridgehead atoms. The maximum Gasteiger partial charge on any atom is 0.231 e. The average Bonchev–Trinajstić information content (AvgIpc) is 3.58. The Bertz CT molecular complexity index is 1150. The minimum atomic E-state index is 0.0321. The van der Waals surface area contributed by atoms with E-state index in [-0.39, 0.29) is 18.7 Å². The van der Waals surface area contributed by atoms with Gasteiger partial charge < -0.3 is 24.0 Å². The van der Waals surface area contributed by atoms with Gasteiger partial charge in [-0.25, -0.2) is 4.98 Å². The number of nitrogens with zero attached hydrogens (tertiary/aromatic N) is 4. The molecule has 0 spiro atoms. The molecule has 3 aliphatic rings. The molecule has 1 saturated carbocycles. The van der Waals surface area contributed by atoms with Crippen molar-refractivity contribution in [1.82, 2.24) is 9.88 Å². The normalized spacial score (nSPS) is 19.3. The van der Waals surface area contributed by atoms with Crippen molar-refractivity contribution in [1.29, 1.82) is 5.26 Å². The molecular formula is C26H30N4O4. The highest BCUT2D eigenvalue weighted by Gasteiger charge is 2.34. The molecule has 34 heavy (non-hydrogen) atoms. The van der Waals surface area contributed by atoms with Gasteiger partial charge in [-0.3, -0.25) is 4.79 Å². The molecule has 5 rings (SSSR count). The van der Waals surface area contributed by atoms with E-state index in [0.29, 0.717) is 44.1 Å². The van der Waals surface area contributed by atoms with E-state index >= 15 is 0 Å². The van der Waals surface area contributed by atoms with Gasteiger partial charge >= 0.3 is 0 Å². The second kappa shape index (κ2) is 9.15. The molecule has 1 saturated heterocycles. The molecule has 8 nitrogen and oxygen atoms in total. The second-order valence-electron chi connectivity index (χ2n) is 9.27. The number of benzene rings is 1. The summed E-state index contributed by atoms with van der Waals surface area (Å²) in [6.07, 6.45) is 2.60. The number of fused-ring (bicyclic) bond motifs is 1. The first kappa shape index (κ1) is 22.5. The highest BCUT2D eigenvalue weighted by molar-refractivity contribution is 5.79. The van der Waals surface area contributed by atoms with E-state index in [4.69, 9.17) is 19.2 Å². The molecule has 8 heteroatoms. The zero-order valence-electron chi connectivity index (χ0n) is 20.0. The van der Waals surface area contributed by atoms with Crippen LogP contribution in [0.3, 0.4) is 0 Å². The van der Waals surface area contributed by atoms with Crippen LogP contribution in [-0.2, 0) is 9.53 Å². The summed E-state index contributed by atoms with van der Waals surface area (Å²) in [7, 11) is 1.61. The zero-order chi connectivity index (χ0) is 23.8. The lowest BCUT2D eigenvalue weighted by Crippen LogP contribution is -2.54.